The fraction of sp³-hybridized carbons (Fsp3) is 0.111. The minimum atomic E-state index is -0.937. The number of halogens is 3. The van der Waals surface area contributed by atoms with Gasteiger partial charge in [0.05, 0.1) is 5.69 Å². The van der Waals surface area contributed by atoms with Gasteiger partial charge < -0.3 is 5.32 Å². The van der Waals surface area contributed by atoms with Crippen molar-refractivity contribution in [3.05, 3.63) is 29.8 Å². The number of urea groups is 1. The van der Waals surface area contributed by atoms with E-state index in [-0.39, 0.29) is 11.6 Å². The number of carbonyl (C=O) groups is 2. The van der Waals surface area contributed by atoms with Crippen LogP contribution >= 0.6 is 11.6 Å². The van der Waals surface area contributed by atoms with Crippen LogP contribution < -0.4 is 10.6 Å². The number of amides is 3. The Morgan fingerprint density at radius 3 is 2.56 bits per heavy atom. The molecule has 0 saturated carbocycles. The first kappa shape index (κ1) is 12.4. The molecule has 7 heteroatoms. The van der Waals surface area contributed by atoms with E-state index in [0.717, 1.165) is 12.1 Å². The Bertz CT molecular complexity index is 426. The summed E-state index contributed by atoms with van der Waals surface area (Å²) in [5.41, 5.74) is -0.235. The zero-order valence-corrected chi connectivity index (χ0v) is 8.65. The molecule has 0 aliphatic carbocycles. The Hall–Kier alpha value is -1.69. The lowest BCUT2D eigenvalue weighted by Crippen LogP contribution is -2.35. The average Bonchev–Trinajstić information content (AvgIpc) is 2.22. The van der Waals surface area contributed by atoms with Crippen LogP contribution in [0.3, 0.4) is 0 Å². The molecule has 0 heterocycles. The van der Waals surface area contributed by atoms with Crippen LogP contribution in [0.25, 0.3) is 0 Å². The number of nitrogens with one attached hydrogen (secondary N) is 2. The van der Waals surface area contributed by atoms with Gasteiger partial charge in [0.2, 0.25) is 5.91 Å². The van der Waals surface area contributed by atoms with Crippen LogP contribution in [0.5, 0.6) is 0 Å². The quantitative estimate of drug-likeness (QED) is 0.785. The highest BCUT2D eigenvalue weighted by molar-refractivity contribution is 6.28. The van der Waals surface area contributed by atoms with E-state index in [1.165, 1.54) is 0 Å². The van der Waals surface area contributed by atoms with Crippen molar-refractivity contribution in [3.8, 4) is 0 Å². The van der Waals surface area contributed by atoms with Crippen molar-refractivity contribution in [2.45, 2.75) is 0 Å². The number of carbonyl (C=O) groups excluding carboxylic acids is 2. The van der Waals surface area contributed by atoms with E-state index in [9.17, 15) is 18.4 Å². The van der Waals surface area contributed by atoms with E-state index in [0.29, 0.717) is 6.07 Å². The second kappa shape index (κ2) is 5.41. The summed E-state index contributed by atoms with van der Waals surface area (Å²) in [6.07, 6.45) is 0. The van der Waals surface area contributed by atoms with E-state index in [1.54, 1.807) is 0 Å². The summed E-state index contributed by atoms with van der Waals surface area (Å²) in [5, 5.41) is 3.87. The molecule has 0 radical (unpaired) electrons. The number of imide groups is 1. The van der Waals surface area contributed by atoms with Gasteiger partial charge in [0.25, 0.3) is 0 Å². The summed E-state index contributed by atoms with van der Waals surface area (Å²) in [6, 6.07) is 1.69. The molecule has 0 aliphatic rings. The van der Waals surface area contributed by atoms with Gasteiger partial charge in [0.1, 0.15) is 17.5 Å². The molecule has 86 valence electrons. The zero-order valence-electron chi connectivity index (χ0n) is 7.89. The van der Waals surface area contributed by atoms with Gasteiger partial charge in [-0.3, -0.25) is 10.1 Å². The first-order valence-corrected chi connectivity index (χ1v) is 4.68. The smallest absolute Gasteiger partial charge is 0.305 e. The Morgan fingerprint density at radius 1 is 1.31 bits per heavy atom. The van der Waals surface area contributed by atoms with Gasteiger partial charge in [-0.1, -0.05) is 0 Å². The maximum Gasteiger partial charge on any atom is 0.325 e. The minimum Gasteiger partial charge on any atom is -0.305 e. The highest BCUT2D eigenvalue weighted by atomic mass is 35.5. The first-order chi connectivity index (χ1) is 7.52. The fourth-order valence-electron chi connectivity index (χ4n) is 0.904. The molecule has 0 fully saturated rings. The highest BCUT2D eigenvalue weighted by Crippen LogP contribution is 2.14. The van der Waals surface area contributed by atoms with Gasteiger partial charge in [-0.25, -0.2) is 13.6 Å². The lowest BCUT2D eigenvalue weighted by atomic mass is 10.3. The standard InChI is InChI=1S/C9H7ClF2N2O2/c10-4-8(15)14-9(16)13-7-2-1-5(11)3-6(7)12/h1-3H,4H2,(H2,13,14,15,16). The monoisotopic (exact) mass is 248 g/mol. The van der Waals surface area contributed by atoms with Gasteiger partial charge >= 0.3 is 6.03 Å². The molecule has 1 aromatic rings. The van der Waals surface area contributed by atoms with Gasteiger partial charge in [-0.15, -0.1) is 11.6 Å². The average molecular weight is 249 g/mol. The molecule has 0 spiro atoms. The highest BCUT2D eigenvalue weighted by Gasteiger charge is 2.09. The summed E-state index contributed by atoms with van der Waals surface area (Å²) < 4.78 is 25.5. The lowest BCUT2D eigenvalue weighted by Gasteiger charge is -2.06. The molecular formula is C9H7ClF2N2O2. The summed E-state index contributed by atoms with van der Waals surface area (Å²) in [4.78, 5) is 21.8. The molecule has 0 aromatic heterocycles. The summed E-state index contributed by atoms with van der Waals surface area (Å²) in [7, 11) is 0. The van der Waals surface area contributed by atoms with Crippen molar-refractivity contribution < 1.29 is 18.4 Å². The number of benzene rings is 1. The van der Waals surface area contributed by atoms with E-state index in [1.807, 2.05) is 10.6 Å². The third-order valence-corrected chi connectivity index (χ3v) is 1.80. The number of alkyl halides is 1. The number of rotatable bonds is 2. The molecule has 0 unspecified atom stereocenters. The van der Waals surface area contributed by atoms with E-state index in [2.05, 4.69) is 0 Å². The minimum absolute atomic E-state index is 0.235. The van der Waals surface area contributed by atoms with Gasteiger partial charge in [-0.2, -0.15) is 0 Å². The summed E-state index contributed by atoms with van der Waals surface area (Å²) >= 11 is 5.14. The molecule has 16 heavy (non-hydrogen) atoms. The van der Waals surface area contributed by atoms with Gasteiger partial charge in [0, 0.05) is 6.07 Å². The molecule has 2 N–H and O–H groups in total. The van der Waals surface area contributed by atoms with Crippen LogP contribution in [0.1, 0.15) is 0 Å². The Balaban J connectivity index is 2.66. The SMILES string of the molecule is O=C(CCl)NC(=O)Nc1ccc(F)cc1F. The topological polar surface area (TPSA) is 58.2 Å². The Kier molecular flexibility index (Phi) is 4.19. The molecule has 1 aromatic carbocycles. The Labute approximate surface area is 94.6 Å². The molecule has 1 rings (SSSR count). The van der Waals surface area contributed by atoms with Crippen LogP contribution in [-0.2, 0) is 4.79 Å². The fourth-order valence-corrected chi connectivity index (χ4v) is 0.971. The van der Waals surface area contributed by atoms with Crippen molar-refractivity contribution in [3.63, 3.8) is 0 Å². The molecule has 0 bridgehead atoms. The molecule has 3 amide bonds. The third kappa shape index (κ3) is 3.47. The van der Waals surface area contributed by atoms with Gasteiger partial charge in [0.15, 0.2) is 0 Å². The Morgan fingerprint density at radius 2 is 2.00 bits per heavy atom. The number of hydrogen-bond acceptors (Lipinski definition) is 2. The van der Waals surface area contributed by atoms with Crippen LogP contribution in [0.2, 0.25) is 0 Å². The maximum absolute atomic E-state index is 13.0. The maximum atomic E-state index is 13.0. The predicted octanol–water partition coefficient (Wildman–Crippen LogP) is 1.85. The molecule has 0 atom stereocenters. The van der Waals surface area contributed by atoms with Crippen molar-refractivity contribution in [1.82, 2.24) is 5.32 Å². The lowest BCUT2D eigenvalue weighted by molar-refractivity contribution is -0.117. The van der Waals surface area contributed by atoms with Crippen molar-refractivity contribution >= 4 is 29.2 Å². The number of hydrogen-bond donors (Lipinski definition) is 2. The molecule has 0 saturated heterocycles. The summed E-state index contributed by atoms with van der Waals surface area (Å²) in [6.45, 7) is 0. The van der Waals surface area contributed by atoms with Crippen LogP contribution in [-0.4, -0.2) is 17.8 Å². The van der Waals surface area contributed by atoms with E-state index >= 15 is 0 Å². The van der Waals surface area contributed by atoms with E-state index in [4.69, 9.17) is 11.6 Å². The number of anilines is 1. The van der Waals surface area contributed by atoms with Crippen LogP contribution in [0.15, 0.2) is 18.2 Å². The van der Waals surface area contributed by atoms with Gasteiger partial charge in [-0.05, 0) is 12.1 Å². The molecule has 0 aliphatic heterocycles. The molecule has 4 nitrogen and oxygen atoms in total. The second-order valence-electron chi connectivity index (χ2n) is 2.76. The first-order valence-electron chi connectivity index (χ1n) is 4.15. The second-order valence-corrected chi connectivity index (χ2v) is 3.03. The largest absolute Gasteiger partial charge is 0.325 e. The van der Waals surface area contributed by atoms with Crippen LogP contribution in [0.4, 0.5) is 19.3 Å². The molecular weight excluding hydrogens is 242 g/mol. The van der Waals surface area contributed by atoms with E-state index < -0.39 is 23.6 Å². The van der Waals surface area contributed by atoms with Crippen molar-refractivity contribution in [2.24, 2.45) is 0 Å². The third-order valence-electron chi connectivity index (χ3n) is 1.55. The van der Waals surface area contributed by atoms with Crippen molar-refractivity contribution in [2.75, 3.05) is 11.2 Å². The van der Waals surface area contributed by atoms with Crippen molar-refractivity contribution in [1.29, 1.82) is 0 Å². The zero-order chi connectivity index (χ0) is 12.1. The van der Waals surface area contributed by atoms with Crippen LogP contribution in [0, 0.1) is 11.6 Å². The normalized spacial score (nSPS) is 9.69. The predicted molar refractivity (Wildman–Crippen MR) is 54.2 cm³/mol. The summed E-state index contributed by atoms with van der Waals surface area (Å²) in [5.74, 6) is -2.81.